The monoisotopic (exact) mass is 365 g/mol. The van der Waals surface area contributed by atoms with Gasteiger partial charge >= 0.3 is 12.0 Å². The number of ether oxygens (including phenoxy) is 1. The number of nitrogens with one attached hydrogen (secondary N) is 1. The first kappa shape index (κ1) is 20.2. The van der Waals surface area contributed by atoms with Crippen LogP contribution in [0.4, 0.5) is 4.79 Å². The highest BCUT2D eigenvalue weighted by Gasteiger charge is 2.24. The zero-order valence-electron chi connectivity index (χ0n) is 13.3. The standard InChI is InChI=1S/C16H17ClN4O4/c1-9(19)12(7-18)14(22)8-25-15(23)6-13(21-16(20)24)10-2-4-11(17)5-3-10/h2-5,12-13H,1,6,8,19H2,(H3,20,21,24)/p+1/t12-,13+/m1/s1. The summed E-state index contributed by atoms with van der Waals surface area (Å²) in [5.41, 5.74) is 9.26. The first-order chi connectivity index (χ1) is 11.7. The van der Waals surface area contributed by atoms with Crippen molar-refractivity contribution in [3.8, 4) is 6.07 Å². The van der Waals surface area contributed by atoms with Crippen LogP contribution in [0, 0.1) is 17.2 Å². The van der Waals surface area contributed by atoms with Crippen molar-refractivity contribution in [1.29, 1.82) is 5.26 Å². The van der Waals surface area contributed by atoms with Crippen molar-refractivity contribution in [3.05, 3.63) is 47.1 Å². The summed E-state index contributed by atoms with van der Waals surface area (Å²) in [5, 5.41) is 11.8. The first-order valence-corrected chi connectivity index (χ1v) is 7.52. The van der Waals surface area contributed by atoms with Gasteiger partial charge in [-0.15, -0.1) is 0 Å². The van der Waals surface area contributed by atoms with Crippen LogP contribution in [0.5, 0.6) is 0 Å². The van der Waals surface area contributed by atoms with E-state index in [0.29, 0.717) is 10.6 Å². The summed E-state index contributed by atoms with van der Waals surface area (Å²) in [5.74, 6) is -2.50. The van der Waals surface area contributed by atoms with Gasteiger partial charge in [-0.25, -0.2) is 4.79 Å². The molecule has 0 aliphatic rings. The number of hydrogen-bond acceptors (Lipinski definition) is 5. The van der Waals surface area contributed by atoms with E-state index >= 15 is 0 Å². The van der Waals surface area contributed by atoms with Crippen molar-refractivity contribution >= 4 is 29.4 Å². The smallest absolute Gasteiger partial charge is 0.312 e. The second kappa shape index (κ2) is 9.42. The molecule has 0 saturated heterocycles. The molecule has 0 bridgehead atoms. The fourth-order valence-corrected chi connectivity index (χ4v) is 2.10. The van der Waals surface area contributed by atoms with E-state index in [0.717, 1.165) is 0 Å². The molecule has 0 spiro atoms. The predicted octanol–water partition coefficient (Wildman–Crippen LogP) is 0.447. The average molecular weight is 366 g/mol. The number of carbonyl (C=O) groups excluding carboxylic acids is 3. The van der Waals surface area contributed by atoms with Gasteiger partial charge in [0.2, 0.25) is 0 Å². The van der Waals surface area contributed by atoms with E-state index in [4.69, 9.17) is 27.3 Å². The maximum atomic E-state index is 11.9. The molecule has 0 fully saturated rings. The Hall–Kier alpha value is -2.89. The number of allylic oxidation sites excluding steroid dienone is 1. The van der Waals surface area contributed by atoms with Gasteiger partial charge in [-0.3, -0.25) is 9.59 Å². The summed E-state index contributed by atoms with van der Waals surface area (Å²) in [6.07, 6.45) is -0.250. The highest BCUT2D eigenvalue weighted by molar-refractivity contribution is 6.30. The minimum absolute atomic E-state index is 0.123. The molecule has 1 aromatic rings. The van der Waals surface area contributed by atoms with E-state index in [9.17, 15) is 14.4 Å². The van der Waals surface area contributed by atoms with E-state index < -0.39 is 36.4 Å². The summed E-state index contributed by atoms with van der Waals surface area (Å²) in [6, 6.07) is 6.61. The molecule has 2 atom stereocenters. The number of primary amides is 1. The van der Waals surface area contributed by atoms with Crippen molar-refractivity contribution in [2.24, 2.45) is 11.7 Å². The molecule has 0 heterocycles. The highest BCUT2D eigenvalue weighted by atomic mass is 35.5. The number of ketones is 1. The van der Waals surface area contributed by atoms with Crippen molar-refractivity contribution in [2.75, 3.05) is 6.61 Å². The molecule has 132 valence electrons. The second-order valence-electron chi connectivity index (χ2n) is 5.16. The van der Waals surface area contributed by atoms with Crippen LogP contribution in [-0.4, -0.2) is 24.4 Å². The SMILES string of the molecule is C=C([NH3+])[C@@H](C#N)C(=O)COC(=O)C[C@H](NC(N)=O)c1ccc(Cl)cc1. The zero-order chi connectivity index (χ0) is 19.0. The van der Waals surface area contributed by atoms with E-state index in [-0.39, 0.29) is 12.1 Å². The number of benzene rings is 1. The zero-order valence-corrected chi connectivity index (χ0v) is 14.1. The largest absolute Gasteiger partial charge is 0.458 e. The van der Waals surface area contributed by atoms with Gasteiger partial charge in [0, 0.05) is 5.02 Å². The highest BCUT2D eigenvalue weighted by Crippen LogP contribution is 2.20. The van der Waals surface area contributed by atoms with Gasteiger partial charge in [0.15, 0.2) is 18.3 Å². The van der Waals surface area contributed by atoms with Gasteiger partial charge in [0.05, 0.1) is 18.5 Å². The summed E-state index contributed by atoms with van der Waals surface area (Å²) < 4.78 is 4.87. The predicted molar refractivity (Wildman–Crippen MR) is 88.6 cm³/mol. The van der Waals surface area contributed by atoms with Crippen LogP contribution >= 0.6 is 11.6 Å². The first-order valence-electron chi connectivity index (χ1n) is 7.14. The molecule has 1 rings (SSSR count). The van der Waals surface area contributed by atoms with Crippen LogP contribution in [0.25, 0.3) is 0 Å². The maximum absolute atomic E-state index is 11.9. The van der Waals surface area contributed by atoms with Crippen molar-refractivity contribution in [3.63, 3.8) is 0 Å². The summed E-state index contributed by atoms with van der Waals surface area (Å²) >= 11 is 5.80. The third-order valence-electron chi connectivity index (χ3n) is 3.19. The number of nitriles is 1. The number of halogens is 1. The molecule has 0 aliphatic heterocycles. The summed E-state index contributed by atoms with van der Waals surface area (Å²) in [7, 11) is 0. The van der Waals surface area contributed by atoms with Gasteiger partial charge in [0.1, 0.15) is 5.70 Å². The molecular formula is C16H18ClN4O4+. The normalized spacial score (nSPS) is 12.4. The van der Waals surface area contributed by atoms with Crippen LogP contribution in [-0.2, 0) is 14.3 Å². The van der Waals surface area contributed by atoms with Gasteiger partial charge < -0.3 is 21.5 Å². The number of nitrogens with two attached hydrogens (primary N) is 1. The molecule has 0 aliphatic carbocycles. The molecule has 8 nitrogen and oxygen atoms in total. The van der Waals surface area contributed by atoms with Gasteiger partial charge in [0.25, 0.3) is 0 Å². The number of urea groups is 1. The number of hydrogen-bond donors (Lipinski definition) is 3. The molecular weight excluding hydrogens is 348 g/mol. The van der Waals surface area contributed by atoms with E-state index in [1.54, 1.807) is 30.3 Å². The van der Waals surface area contributed by atoms with Crippen molar-refractivity contribution in [2.45, 2.75) is 12.5 Å². The Morgan fingerprint density at radius 2 is 1.96 bits per heavy atom. The number of nitrogens with zero attached hydrogens (tertiary/aromatic N) is 1. The lowest BCUT2D eigenvalue weighted by molar-refractivity contribution is -0.309. The van der Waals surface area contributed by atoms with Crippen LogP contribution in [0.15, 0.2) is 36.5 Å². The Bertz CT molecular complexity index is 712. The summed E-state index contributed by atoms with van der Waals surface area (Å²) in [4.78, 5) is 34.9. The Labute approximate surface area is 149 Å². The van der Waals surface area contributed by atoms with Crippen LogP contribution in [0.1, 0.15) is 18.0 Å². The maximum Gasteiger partial charge on any atom is 0.312 e. The van der Waals surface area contributed by atoms with Gasteiger partial charge in [-0.2, -0.15) is 5.26 Å². The van der Waals surface area contributed by atoms with Crippen LogP contribution in [0.3, 0.4) is 0 Å². The Balaban J connectivity index is 2.71. The molecule has 6 N–H and O–H groups in total. The minimum Gasteiger partial charge on any atom is -0.458 e. The fraction of sp³-hybridized carbons (Fsp3) is 0.250. The molecule has 25 heavy (non-hydrogen) atoms. The lowest BCUT2D eigenvalue weighted by Gasteiger charge is -2.17. The van der Waals surface area contributed by atoms with Crippen LogP contribution in [0.2, 0.25) is 5.02 Å². The van der Waals surface area contributed by atoms with Gasteiger partial charge in [-0.1, -0.05) is 23.7 Å². The fourth-order valence-electron chi connectivity index (χ4n) is 1.97. The number of Topliss-reactive ketones (excluding diaryl/α,β-unsaturated/α-hetero) is 1. The Kier molecular flexibility index (Phi) is 7.59. The molecule has 2 amide bonds. The van der Waals surface area contributed by atoms with E-state index in [2.05, 4.69) is 17.6 Å². The third-order valence-corrected chi connectivity index (χ3v) is 3.45. The summed E-state index contributed by atoms with van der Waals surface area (Å²) in [6.45, 7) is 2.85. The average Bonchev–Trinajstić information content (AvgIpc) is 2.53. The molecule has 0 radical (unpaired) electrons. The van der Waals surface area contributed by atoms with E-state index in [1.165, 1.54) is 0 Å². The molecule has 0 aromatic heterocycles. The van der Waals surface area contributed by atoms with Crippen molar-refractivity contribution in [1.82, 2.24) is 5.32 Å². The lowest BCUT2D eigenvalue weighted by atomic mass is 10.0. The second-order valence-corrected chi connectivity index (χ2v) is 5.60. The number of carbonyl (C=O) groups is 3. The lowest BCUT2D eigenvalue weighted by Crippen LogP contribution is -2.51. The molecule has 0 saturated carbocycles. The Morgan fingerprint density at radius 3 is 2.44 bits per heavy atom. The number of quaternary nitrogens is 1. The van der Waals surface area contributed by atoms with Crippen LogP contribution < -0.4 is 16.8 Å². The number of esters is 1. The topological polar surface area (TPSA) is 150 Å². The molecule has 0 unspecified atom stereocenters. The molecule has 9 heteroatoms. The van der Waals surface area contributed by atoms with Gasteiger partial charge in [-0.05, 0) is 24.3 Å². The Morgan fingerprint density at radius 1 is 1.36 bits per heavy atom. The quantitative estimate of drug-likeness (QED) is 0.571. The van der Waals surface area contributed by atoms with Crippen molar-refractivity contribution < 1.29 is 24.9 Å². The minimum atomic E-state index is -1.14. The van der Waals surface area contributed by atoms with E-state index in [1.807, 2.05) is 0 Å². The molecule has 1 aromatic carbocycles. The number of rotatable bonds is 8. The third kappa shape index (κ3) is 6.63. The number of amides is 2.